The highest BCUT2D eigenvalue weighted by Gasteiger charge is 2.26. The molecule has 21 heavy (non-hydrogen) atoms. The Balaban J connectivity index is 1.41. The number of pyridine rings is 1. The molecule has 3 rings (SSSR count). The van der Waals surface area contributed by atoms with E-state index in [0.717, 1.165) is 25.6 Å². The molecule has 0 amide bonds. The van der Waals surface area contributed by atoms with Crippen molar-refractivity contribution in [1.82, 2.24) is 20.1 Å². The minimum Gasteiger partial charge on any atom is -0.313 e. The number of rotatable bonds is 7. The summed E-state index contributed by atoms with van der Waals surface area (Å²) in [6.07, 6.45) is 4.94. The molecule has 1 aliphatic heterocycles. The lowest BCUT2D eigenvalue weighted by molar-refractivity contribution is 0.122. The number of nitrogens with zero attached hydrogens (tertiary/aromatic N) is 3. The summed E-state index contributed by atoms with van der Waals surface area (Å²) in [5.74, 6) is 1.02. The fourth-order valence-corrected chi connectivity index (χ4v) is 2.95. The lowest BCUT2D eigenvalue weighted by atomic mass is 10.2. The van der Waals surface area contributed by atoms with Gasteiger partial charge in [-0.1, -0.05) is 13.0 Å². The Hall–Kier alpha value is -0.970. The zero-order valence-corrected chi connectivity index (χ0v) is 13.2. The summed E-state index contributed by atoms with van der Waals surface area (Å²) in [5.41, 5.74) is 2.47. The first kappa shape index (κ1) is 14.9. The fraction of sp³-hybridized carbons (Fsp3) is 0.706. The van der Waals surface area contributed by atoms with Gasteiger partial charge in [0.1, 0.15) is 0 Å². The molecule has 1 saturated heterocycles. The van der Waals surface area contributed by atoms with Crippen LogP contribution < -0.4 is 5.32 Å². The molecule has 1 aromatic heterocycles. The van der Waals surface area contributed by atoms with Crippen LogP contribution in [0.1, 0.15) is 31.0 Å². The Morgan fingerprint density at radius 3 is 2.52 bits per heavy atom. The molecular formula is C17H28N4. The maximum atomic E-state index is 4.61. The second-order valence-electron chi connectivity index (χ2n) is 6.46. The number of hydrogen-bond donors (Lipinski definition) is 1. The van der Waals surface area contributed by atoms with Gasteiger partial charge in [-0.05, 0) is 36.9 Å². The predicted octanol–water partition coefficient (Wildman–Crippen LogP) is 1.72. The molecule has 2 heterocycles. The molecule has 4 nitrogen and oxygen atoms in total. The molecule has 116 valence electrons. The van der Waals surface area contributed by atoms with Crippen LogP contribution in [0.15, 0.2) is 18.3 Å². The van der Waals surface area contributed by atoms with Crippen molar-refractivity contribution in [2.45, 2.75) is 32.9 Å². The van der Waals surface area contributed by atoms with Crippen LogP contribution in [-0.4, -0.2) is 54.1 Å². The first-order valence-corrected chi connectivity index (χ1v) is 8.42. The van der Waals surface area contributed by atoms with E-state index in [9.17, 15) is 0 Å². The molecule has 0 aromatic carbocycles. The molecule has 0 atom stereocenters. The van der Waals surface area contributed by atoms with E-state index in [-0.39, 0.29) is 0 Å². The molecule has 1 saturated carbocycles. The van der Waals surface area contributed by atoms with Gasteiger partial charge in [0.25, 0.3) is 0 Å². The molecule has 0 bridgehead atoms. The van der Waals surface area contributed by atoms with Gasteiger partial charge in [0, 0.05) is 52.0 Å². The van der Waals surface area contributed by atoms with Gasteiger partial charge in [0.2, 0.25) is 0 Å². The molecule has 0 radical (unpaired) electrons. The van der Waals surface area contributed by atoms with E-state index in [2.05, 4.69) is 39.2 Å². The van der Waals surface area contributed by atoms with Crippen LogP contribution in [-0.2, 0) is 13.1 Å². The summed E-state index contributed by atoms with van der Waals surface area (Å²) in [6, 6.07) is 4.39. The van der Waals surface area contributed by atoms with Gasteiger partial charge in [0.15, 0.2) is 0 Å². The highest BCUT2D eigenvalue weighted by molar-refractivity contribution is 5.14. The van der Waals surface area contributed by atoms with Crippen LogP contribution in [0, 0.1) is 5.92 Å². The average Bonchev–Trinajstić information content (AvgIpc) is 3.33. The largest absolute Gasteiger partial charge is 0.313 e. The third kappa shape index (κ3) is 4.77. The van der Waals surface area contributed by atoms with Crippen molar-refractivity contribution in [2.24, 2.45) is 5.92 Å². The van der Waals surface area contributed by atoms with Crippen LogP contribution in [0.25, 0.3) is 0 Å². The van der Waals surface area contributed by atoms with E-state index in [1.807, 2.05) is 6.20 Å². The monoisotopic (exact) mass is 288 g/mol. The molecule has 0 spiro atoms. The van der Waals surface area contributed by atoms with Gasteiger partial charge < -0.3 is 10.2 Å². The second kappa shape index (κ2) is 7.34. The van der Waals surface area contributed by atoms with Gasteiger partial charge >= 0.3 is 0 Å². The molecule has 1 aliphatic carbocycles. The van der Waals surface area contributed by atoms with Crippen molar-refractivity contribution in [2.75, 3.05) is 39.3 Å². The van der Waals surface area contributed by atoms with E-state index in [4.69, 9.17) is 0 Å². The van der Waals surface area contributed by atoms with E-state index in [1.54, 1.807) is 0 Å². The average molecular weight is 288 g/mol. The molecule has 2 aliphatic rings. The zero-order valence-electron chi connectivity index (χ0n) is 13.2. The second-order valence-corrected chi connectivity index (χ2v) is 6.46. The Bertz CT molecular complexity index is 419. The van der Waals surface area contributed by atoms with Gasteiger partial charge in [-0.2, -0.15) is 0 Å². The lowest BCUT2D eigenvalue weighted by Crippen LogP contribution is -2.46. The topological polar surface area (TPSA) is 31.4 Å². The normalized spacial score (nSPS) is 20.8. The van der Waals surface area contributed by atoms with Crippen LogP contribution >= 0.6 is 0 Å². The SMILES string of the molecule is CCNCc1ccc(CN2CCN(CC3CC3)CC2)nc1. The Morgan fingerprint density at radius 1 is 1.14 bits per heavy atom. The number of aromatic nitrogens is 1. The van der Waals surface area contributed by atoms with Crippen LogP contribution in [0.5, 0.6) is 0 Å². The number of piperazine rings is 1. The minimum atomic E-state index is 0.920. The van der Waals surface area contributed by atoms with Crippen molar-refractivity contribution in [1.29, 1.82) is 0 Å². The van der Waals surface area contributed by atoms with Gasteiger partial charge in [0.05, 0.1) is 5.69 Å². The molecule has 0 unspecified atom stereocenters. The molecule has 1 N–H and O–H groups in total. The van der Waals surface area contributed by atoms with Gasteiger partial charge in [-0.15, -0.1) is 0 Å². The number of nitrogens with one attached hydrogen (secondary N) is 1. The Kier molecular flexibility index (Phi) is 5.22. The summed E-state index contributed by atoms with van der Waals surface area (Å²) in [4.78, 5) is 9.79. The first-order valence-electron chi connectivity index (χ1n) is 8.42. The van der Waals surface area contributed by atoms with Crippen molar-refractivity contribution in [3.63, 3.8) is 0 Å². The van der Waals surface area contributed by atoms with Crippen molar-refractivity contribution in [3.8, 4) is 0 Å². The maximum Gasteiger partial charge on any atom is 0.0544 e. The van der Waals surface area contributed by atoms with Crippen LogP contribution in [0.2, 0.25) is 0 Å². The minimum absolute atomic E-state index is 0.920. The first-order chi connectivity index (χ1) is 10.3. The summed E-state index contributed by atoms with van der Waals surface area (Å²) in [7, 11) is 0. The van der Waals surface area contributed by atoms with Crippen LogP contribution in [0.3, 0.4) is 0 Å². The summed E-state index contributed by atoms with van der Waals surface area (Å²) in [6.45, 7) is 11.2. The lowest BCUT2D eigenvalue weighted by Gasteiger charge is -2.34. The summed E-state index contributed by atoms with van der Waals surface area (Å²) >= 11 is 0. The third-order valence-electron chi connectivity index (χ3n) is 4.53. The quantitative estimate of drug-likeness (QED) is 0.828. The van der Waals surface area contributed by atoms with Gasteiger partial charge in [-0.3, -0.25) is 9.88 Å². The summed E-state index contributed by atoms with van der Waals surface area (Å²) in [5, 5.41) is 3.33. The van der Waals surface area contributed by atoms with Crippen molar-refractivity contribution < 1.29 is 0 Å². The Morgan fingerprint density at radius 2 is 1.90 bits per heavy atom. The molecule has 2 fully saturated rings. The number of hydrogen-bond acceptors (Lipinski definition) is 4. The van der Waals surface area contributed by atoms with E-state index in [1.165, 1.54) is 56.8 Å². The standard InChI is InChI=1S/C17H28N4/c1-2-18-11-16-5-6-17(19-12-16)14-21-9-7-20(8-10-21)13-15-3-4-15/h5-6,12,15,18H,2-4,7-11,13-14H2,1H3. The zero-order chi connectivity index (χ0) is 14.5. The smallest absolute Gasteiger partial charge is 0.0544 e. The van der Waals surface area contributed by atoms with E-state index >= 15 is 0 Å². The molecule has 1 aromatic rings. The van der Waals surface area contributed by atoms with Crippen LogP contribution in [0.4, 0.5) is 0 Å². The predicted molar refractivity (Wildman–Crippen MR) is 86.1 cm³/mol. The highest BCUT2D eigenvalue weighted by Crippen LogP contribution is 2.29. The van der Waals surface area contributed by atoms with Crippen molar-refractivity contribution >= 4 is 0 Å². The maximum absolute atomic E-state index is 4.61. The third-order valence-corrected chi connectivity index (χ3v) is 4.53. The van der Waals surface area contributed by atoms with E-state index < -0.39 is 0 Å². The van der Waals surface area contributed by atoms with E-state index in [0.29, 0.717) is 0 Å². The highest BCUT2D eigenvalue weighted by atomic mass is 15.3. The van der Waals surface area contributed by atoms with Crippen molar-refractivity contribution in [3.05, 3.63) is 29.6 Å². The Labute approximate surface area is 128 Å². The van der Waals surface area contributed by atoms with Gasteiger partial charge in [-0.25, -0.2) is 0 Å². The molecule has 4 heteroatoms. The molecular weight excluding hydrogens is 260 g/mol. The summed E-state index contributed by atoms with van der Waals surface area (Å²) < 4.78 is 0. The fourth-order valence-electron chi connectivity index (χ4n) is 2.95.